The van der Waals surface area contributed by atoms with E-state index in [0.717, 1.165) is 60.3 Å². The summed E-state index contributed by atoms with van der Waals surface area (Å²) in [7, 11) is -1.01. The van der Waals surface area contributed by atoms with E-state index in [4.69, 9.17) is 21.3 Å². The molecule has 1 saturated carbocycles. The van der Waals surface area contributed by atoms with Gasteiger partial charge in [-0.05, 0) is 108 Å². The van der Waals surface area contributed by atoms with Gasteiger partial charge in [0.1, 0.15) is 10.7 Å². The van der Waals surface area contributed by atoms with Crippen molar-refractivity contribution in [2.24, 2.45) is 5.41 Å². The van der Waals surface area contributed by atoms with Crippen molar-refractivity contribution in [2.75, 3.05) is 31.6 Å². The molecule has 3 fully saturated rings. The van der Waals surface area contributed by atoms with Crippen LogP contribution in [-0.2, 0) is 15.5 Å². The van der Waals surface area contributed by atoms with Crippen molar-refractivity contribution in [1.29, 1.82) is 0 Å². The lowest BCUT2D eigenvalue weighted by Gasteiger charge is -2.52. The minimum Gasteiger partial charge on any atom is -0.381 e. The summed E-state index contributed by atoms with van der Waals surface area (Å²) in [5.74, 6) is 0.403. The van der Waals surface area contributed by atoms with Gasteiger partial charge in [-0.1, -0.05) is 11.6 Å². The van der Waals surface area contributed by atoms with E-state index in [1.54, 1.807) is 16.8 Å². The molecule has 40 heavy (non-hydrogen) atoms. The fraction of sp³-hybridized carbons (Fsp3) is 0.567. The van der Waals surface area contributed by atoms with E-state index in [1.165, 1.54) is 12.8 Å². The van der Waals surface area contributed by atoms with Gasteiger partial charge in [0, 0.05) is 52.7 Å². The van der Waals surface area contributed by atoms with Crippen LogP contribution < -0.4 is 10.9 Å². The predicted molar refractivity (Wildman–Crippen MR) is 160 cm³/mol. The number of benzene rings is 1. The van der Waals surface area contributed by atoms with E-state index < -0.39 is 10.8 Å². The number of nitrogens with zero attached hydrogens (tertiary/aromatic N) is 4. The largest absolute Gasteiger partial charge is 0.381 e. The number of ether oxygens (including phenoxy) is 1. The number of hydrogen-bond acceptors (Lipinski definition) is 7. The van der Waals surface area contributed by atoms with Crippen molar-refractivity contribution in [3.63, 3.8) is 0 Å². The number of halogens is 1. The Labute approximate surface area is 242 Å². The van der Waals surface area contributed by atoms with Crippen molar-refractivity contribution in [3.8, 4) is 0 Å². The van der Waals surface area contributed by atoms with E-state index >= 15 is 0 Å². The molecule has 8 nitrogen and oxygen atoms in total. The average molecular weight is 584 g/mol. The zero-order valence-electron chi connectivity index (χ0n) is 23.5. The standard InChI is InChI=1S/C30H38ClN5O3S/c1-19(2)35-10-8-30(9-11-35)16-24(17-30)40(38)23-4-5-26(20(3)14-23)33-29-32-18-21-15-25(31)28(37)36(27(21)34-29)22-6-12-39-13-7-22/h4-5,14-15,18-19,22,24H,6-13,16-17H2,1-3H3,(H,32,33,34). The Kier molecular flexibility index (Phi) is 7.76. The third kappa shape index (κ3) is 5.33. The van der Waals surface area contributed by atoms with Crippen LogP contribution in [0.25, 0.3) is 11.0 Å². The molecule has 2 aromatic heterocycles. The number of nitrogens with one attached hydrogen (secondary N) is 1. The van der Waals surface area contributed by atoms with Gasteiger partial charge < -0.3 is 15.0 Å². The van der Waals surface area contributed by atoms with E-state index in [0.29, 0.717) is 36.3 Å². The van der Waals surface area contributed by atoms with Gasteiger partial charge in [-0.25, -0.2) is 4.98 Å². The monoisotopic (exact) mass is 583 g/mol. The number of aromatic nitrogens is 3. The molecule has 0 bridgehead atoms. The van der Waals surface area contributed by atoms with Gasteiger partial charge in [0.15, 0.2) is 0 Å². The highest BCUT2D eigenvalue weighted by Gasteiger charge is 2.48. The molecule has 3 aromatic rings. The lowest BCUT2D eigenvalue weighted by Crippen LogP contribution is -2.51. The quantitative estimate of drug-likeness (QED) is 0.403. The minimum absolute atomic E-state index is 0.0189. The Morgan fingerprint density at radius 3 is 2.55 bits per heavy atom. The Hall–Kier alpha value is -2.33. The maximum Gasteiger partial charge on any atom is 0.271 e. The maximum absolute atomic E-state index is 13.4. The number of rotatable bonds is 6. The van der Waals surface area contributed by atoms with Crippen molar-refractivity contribution in [1.82, 2.24) is 19.4 Å². The molecule has 0 radical (unpaired) electrons. The molecule has 0 amide bonds. The van der Waals surface area contributed by atoms with Gasteiger partial charge in [-0.3, -0.25) is 13.6 Å². The van der Waals surface area contributed by atoms with Gasteiger partial charge >= 0.3 is 0 Å². The second kappa shape index (κ2) is 11.2. The Morgan fingerprint density at radius 2 is 1.88 bits per heavy atom. The molecule has 10 heteroatoms. The SMILES string of the molecule is Cc1cc(S(=O)C2CC3(CCN(C(C)C)CC3)C2)ccc1Nc1ncc2cc(Cl)c(=O)n(C3CCOCC3)c2n1. The summed E-state index contributed by atoms with van der Waals surface area (Å²) in [5.41, 5.74) is 2.54. The number of aryl methyl sites for hydroxylation is 1. The van der Waals surface area contributed by atoms with Crippen LogP contribution >= 0.6 is 11.6 Å². The first-order chi connectivity index (χ1) is 19.2. The highest BCUT2D eigenvalue weighted by Crippen LogP contribution is 2.52. The molecule has 3 aliphatic rings. The van der Waals surface area contributed by atoms with Crippen LogP contribution in [-0.4, -0.2) is 61.2 Å². The van der Waals surface area contributed by atoms with E-state index in [2.05, 4.69) is 29.0 Å². The Morgan fingerprint density at radius 1 is 1.15 bits per heavy atom. The molecular formula is C30H38ClN5O3S. The minimum atomic E-state index is -1.01. The summed E-state index contributed by atoms with van der Waals surface area (Å²) in [4.78, 5) is 25.7. The van der Waals surface area contributed by atoms with Crippen molar-refractivity contribution in [3.05, 3.63) is 51.4 Å². The third-order valence-corrected chi connectivity index (χ3v) is 11.1. The highest BCUT2D eigenvalue weighted by molar-refractivity contribution is 7.85. The normalized spacial score (nSPS) is 21.1. The second-order valence-electron chi connectivity index (χ2n) is 12.0. The van der Waals surface area contributed by atoms with E-state index in [1.807, 2.05) is 25.1 Å². The molecule has 1 spiro atoms. The molecule has 214 valence electrons. The summed E-state index contributed by atoms with van der Waals surface area (Å²) >= 11 is 6.28. The van der Waals surface area contributed by atoms with E-state index in [-0.39, 0.29) is 21.9 Å². The van der Waals surface area contributed by atoms with Crippen LogP contribution in [0, 0.1) is 12.3 Å². The Balaban J connectivity index is 1.17. The molecule has 1 aliphatic carbocycles. The second-order valence-corrected chi connectivity index (χ2v) is 14.2. The highest BCUT2D eigenvalue weighted by atomic mass is 35.5. The summed E-state index contributed by atoms with van der Waals surface area (Å²) in [6.07, 6.45) is 7.74. The molecule has 1 atom stereocenters. The molecule has 6 rings (SSSR count). The summed E-state index contributed by atoms with van der Waals surface area (Å²) < 4.78 is 20.6. The topological polar surface area (TPSA) is 89.4 Å². The molecular weight excluding hydrogens is 546 g/mol. The van der Waals surface area contributed by atoms with Crippen molar-refractivity contribution < 1.29 is 8.95 Å². The van der Waals surface area contributed by atoms with Crippen molar-refractivity contribution in [2.45, 2.75) is 81.5 Å². The lowest BCUT2D eigenvalue weighted by molar-refractivity contribution is 0.0257. The van der Waals surface area contributed by atoms with Gasteiger partial charge in [0.05, 0.1) is 10.8 Å². The number of hydrogen-bond donors (Lipinski definition) is 1. The molecule has 1 aromatic carbocycles. The van der Waals surface area contributed by atoms with Crippen molar-refractivity contribution >= 4 is 45.1 Å². The van der Waals surface area contributed by atoms with Gasteiger partial charge in [-0.2, -0.15) is 4.98 Å². The summed E-state index contributed by atoms with van der Waals surface area (Å²) in [6.45, 7) is 10.1. The summed E-state index contributed by atoms with van der Waals surface area (Å²) in [6, 6.07) is 8.15. The fourth-order valence-corrected chi connectivity index (χ4v) is 8.72. The first-order valence-electron chi connectivity index (χ1n) is 14.4. The smallest absolute Gasteiger partial charge is 0.271 e. The number of piperidine rings is 1. The van der Waals surface area contributed by atoms with Crippen LogP contribution in [0.3, 0.4) is 0 Å². The van der Waals surface area contributed by atoms with Gasteiger partial charge in [-0.15, -0.1) is 0 Å². The van der Waals surface area contributed by atoms with Gasteiger partial charge in [0.25, 0.3) is 5.56 Å². The Bertz CT molecular complexity index is 1490. The zero-order valence-corrected chi connectivity index (χ0v) is 25.1. The third-order valence-electron chi connectivity index (χ3n) is 9.18. The number of fused-ring (bicyclic) bond motifs is 1. The van der Waals surface area contributed by atoms with Crippen LogP contribution in [0.5, 0.6) is 0 Å². The fourth-order valence-electron chi connectivity index (χ4n) is 6.62. The molecule has 1 unspecified atom stereocenters. The maximum atomic E-state index is 13.4. The predicted octanol–water partition coefficient (Wildman–Crippen LogP) is 5.61. The number of pyridine rings is 1. The number of anilines is 2. The van der Waals surface area contributed by atoms with E-state index in [9.17, 15) is 9.00 Å². The molecule has 2 aliphatic heterocycles. The van der Waals surface area contributed by atoms with Crippen LogP contribution in [0.15, 0.2) is 40.2 Å². The van der Waals surface area contributed by atoms with Crippen LogP contribution in [0.1, 0.15) is 64.0 Å². The van der Waals surface area contributed by atoms with Gasteiger partial charge in [0.2, 0.25) is 5.95 Å². The first-order valence-corrected chi connectivity index (χ1v) is 16.0. The average Bonchev–Trinajstić information content (AvgIpc) is 2.94. The van der Waals surface area contributed by atoms with Crippen LogP contribution in [0.4, 0.5) is 11.6 Å². The summed E-state index contributed by atoms with van der Waals surface area (Å²) in [5, 5.41) is 4.44. The zero-order chi connectivity index (χ0) is 28.0. The lowest BCUT2D eigenvalue weighted by atomic mass is 9.63. The first kappa shape index (κ1) is 27.8. The van der Waals surface area contributed by atoms with Crippen LogP contribution in [0.2, 0.25) is 5.02 Å². The molecule has 1 N–H and O–H groups in total. The molecule has 4 heterocycles. The number of likely N-dealkylation sites (tertiary alicyclic amines) is 1. The molecule has 2 saturated heterocycles.